The van der Waals surface area contributed by atoms with Crippen molar-refractivity contribution >= 4 is 65.9 Å². The highest BCUT2D eigenvalue weighted by atomic mass is 32.1. The van der Waals surface area contributed by atoms with Crippen molar-refractivity contribution in [2.24, 2.45) is 39.4 Å². The number of aliphatic carboxylic acids is 1. The van der Waals surface area contributed by atoms with Gasteiger partial charge in [-0.25, -0.2) is 4.79 Å². The topological polar surface area (TPSA) is 418 Å². The zero-order valence-corrected chi connectivity index (χ0v) is 31.9. The summed E-state index contributed by atoms with van der Waals surface area (Å²) in [5.41, 5.74) is 32.7. The molecule has 0 unspecified atom stereocenters. The molecule has 0 heterocycles. The lowest BCUT2D eigenvalue weighted by Gasteiger charge is -2.26. The van der Waals surface area contributed by atoms with Gasteiger partial charge in [0, 0.05) is 12.3 Å². The maximum atomic E-state index is 13.5. The van der Waals surface area contributed by atoms with E-state index in [0.717, 1.165) is 0 Å². The third-order valence-electron chi connectivity index (χ3n) is 7.86. The normalized spacial score (nSPS) is 14.7. The van der Waals surface area contributed by atoms with Gasteiger partial charge in [0.25, 0.3) is 0 Å². The van der Waals surface area contributed by atoms with Crippen LogP contribution in [0.2, 0.25) is 0 Å². The molecule has 0 aromatic rings. The maximum absolute atomic E-state index is 13.5. The van der Waals surface area contributed by atoms with E-state index < -0.39 is 103 Å². The number of aliphatic hydroxyl groups excluding tert-OH is 1. The Morgan fingerprint density at radius 1 is 0.618 bits per heavy atom. The molecule has 7 amide bonds. The number of unbranched alkanes of at least 4 members (excludes halogenated alkanes) is 2. The summed E-state index contributed by atoms with van der Waals surface area (Å²) in [4.78, 5) is 106. The Labute approximate surface area is 324 Å². The Balaban J connectivity index is 6.09. The van der Waals surface area contributed by atoms with E-state index in [-0.39, 0.29) is 56.9 Å². The fourth-order valence-corrected chi connectivity index (χ4v) is 4.91. The molecule has 23 nitrogen and oxygen atoms in total. The number of nitrogens with zero attached hydrogens (tertiary/aromatic N) is 1. The van der Waals surface area contributed by atoms with Crippen molar-refractivity contribution in [1.82, 2.24) is 31.9 Å². The Kier molecular flexibility index (Phi) is 25.3. The van der Waals surface area contributed by atoms with Crippen LogP contribution in [0.5, 0.6) is 0 Å². The number of carbonyl (C=O) groups excluding carboxylic acids is 7. The minimum atomic E-state index is -1.67. The lowest BCUT2D eigenvalue weighted by atomic mass is 10.1. The second kappa shape index (κ2) is 27.7. The van der Waals surface area contributed by atoms with E-state index in [4.69, 9.17) is 34.4 Å². The van der Waals surface area contributed by atoms with Gasteiger partial charge >= 0.3 is 5.97 Å². The number of aliphatic hydroxyl groups is 1. The number of hydrogen-bond donors (Lipinski definition) is 15. The molecule has 20 N–H and O–H groups in total. The Morgan fingerprint density at radius 3 is 1.53 bits per heavy atom. The molecule has 0 aliphatic rings. The molecule has 0 saturated carbocycles. The summed E-state index contributed by atoms with van der Waals surface area (Å²) < 4.78 is 0. The molecule has 0 rings (SSSR count). The van der Waals surface area contributed by atoms with E-state index in [9.17, 15) is 48.6 Å². The predicted molar refractivity (Wildman–Crippen MR) is 203 cm³/mol. The minimum Gasteiger partial charge on any atom is -0.480 e. The average Bonchev–Trinajstić information content (AvgIpc) is 3.12. The van der Waals surface area contributed by atoms with E-state index in [1.54, 1.807) is 0 Å². The summed E-state index contributed by atoms with van der Waals surface area (Å²) in [6.07, 6.45) is 0.914. The van der Waals surface area contributed by atoms with Crippen LogP contribution >= 0.6 is 12.6 Å². The first-order valence-corrected chi connectivity index (χ1v) is 18.3. The van der Waals surface area contributed by atoms with Gasteiger partial charge in [-0.2, -0.15) is 12.6 Å². The molecule has 0 aromatic heterocycles. The van der Waals surface area contributed by atoms with Crippen LogP contribution in [-0.4, -0.2) is 138 Å². The van der Waals surface area contributed by atoms with Gasteiger partial charge in [0.15, 0.2) is 5.96 Å². The molecule has 24 heteroatoms. The molecule has 314 valence electrons. The molecule has 0 aromatic carbocycles. The SMILES string of the molecule is C[C@H](NC(=O)[C@@H](N)CS)C(=O)N[C@@H](CCCN=C(N)N)C(=O)N[C@@H](CO)C(=O)N[C@@H](CCCCN)C(=O)N[C@@H](CC(N)=O)C(=O)N[C@@H](CCCCN)C(=O)O. The molecule has 0 spiro atoms. The third kappa shape index (κ3) is 21.0. The van der Waals surface area contributed by atoms with E-state index in [2.05, 4.69) is 49.5 Å². The van der Waals surface area contributed by atoms with Gasteiger partial charge in [0.2, 0.25) is 41.4 Å². The van der Waals surface area contributed by atoms with Gasteiger partial charge in [0.05, 0.1) is 19.1 Å². The average molecular weight is 806 g/mol. The predicted octanol–water partition coefficient (Wildman–Crippen LogP) is -6.56. The van der Waals surface area contributed by atoms with Gasteiger partial charge in [-0.05, 0) is 71.4 Å². The molecule has 0 bridgehead atoms. The number of aliphatic imine (C=N–C) groups is 1. The van der Waals surface area contributed by atoms with Gasteiger partial charge < -0.3 is 76.5 Å². The molecule has 55 heavy (non-hydrogen) atoms. The quantitative estimate of drug-likeness (QED) is 0.0145. The van der Waals surface area contributed by atoms with Crippen molar-refractivity contribution in [1.29, 1.82) is 0 Å². The van der Waals surface area contributed by atoms with E-state index >= 15 is 0 Å². The fourth-order valence-electron chi connectivity index (χ4n) is 4.74. The number of rotatable bonds is 29. The van der Waals surface area contributed by atoms with Crippen LogP contribution < -0.4 is 66.3 Å². The van der Waals surface area contributed by atoms with Gasteiger partial charge in [-0.1, -0.05) is 0 Å². The van der Waals surface area contributed by atoms with E-state index in [1.807, 2.05) is 0 Å². The molecule has 7 atom stereocenters. The van der Waals surface area contributed by atoms with E-state index in [1.165, 1.54) is 6.92 Å². The number of guanidine groups is 1. The molecule has 0 fully saturated rings. The van der Waals surface area contributed by atoms with Gasteiger partial charge in [-0.15, -0.1) is 0 Å². The Morgan fingerprint density at radius 2 is 1.05 bits per heavy atom. The number of hydrogen-bond acceptors (Lipinski definition) is 14. The van der Waals surface area contributed by atoms with Crippen molar-refractivity contribution in [2.75, 3.05) is 32.0 Å². The smallest absolute Gasteiger partial charge is 0.326 e. The fraction of sp³-hybridized carbons (Fsp3) is 0.710. The highest BCUT2D eigenvalue weighted by molar-refractivity contribution is 7.80. The van der Waals surface area contributed by atoms with Crippen LogP contribution in [0.3, 0.4) is 0 Å². The summed E-state index contributed by atoms with van der Waals surface area (Å²) in [6, 6.07) is -9.56. The number of nitrogens with two attached hydrogens (primary N) is 6. The van der Waals surface area contributed by atoms with Crippen LogP contribution in [0, 0.1) is 0 Å². The first kappa shape index (κ1) is 50.2. The summed E-state index contributed by atoms with van der Waals surface area (Å²) in [7, 11) is 0. The third-order valence-corrected chi connectivity index (χ3v) is 8.25. The van der Waals surface area contributed by atoms with Crippen molar-refractivity contribution in [3.05, 3.63) is 0 Å². The molecular formula is C31H59N13O10S. The van der Waals surface area contributed by atoms with Crippen molar-refractivity contribution < 1.29 is 48.6 Å². The summed E-state index contributed by atoms with van der Waals surface area (Å²) in [5.74, 6) is -7.99. The monoisotopic (exact) mass is 805 g/mol. The Bertz CT molecular complexity index is 1320. The highest BCUT2D eigenvalue weighted by Crippen LogP contribution is 2.07. The molecule has 0 saturated heterocycles. The molecule has 0 radical (unpaired) electrons. The van der Waals surface area contributed by atoms with Crippen LogP contribution in [-0.2, 0) is 38.4 Å². The maximum Gasteiger partial charge on any atom is 0.326 e. The minimum absolute atomic E-state index is 0.00259. The van der Waals surface area contributed by atoms with Gasteiger partial charge in [-0.3, -0.25) is 38.6 Å². The first-order valence-electron chi connectivity index (χ1n) is 17.7. The standard InChI is InChI=1S/C31H59N13O10S/c1-16(39-25(48)17(34)15-55)24(47)40-19(9-6-12-38-31(36)37)27(50)44-22(14-45)29(52)41-18(7-2-4-10-32)26(49)43-21(13-23(35)46)28(51)42-20(30(53)54)8-3-5-11-33/h16-22,45,55H,2-15,32-34H2,1H3,(H2,35,46)(H,39,48)(H,40,47)(H,41,52)(H,42,51)(H,43,49)(H,44,50)(H,53,54)(H4,36,37,38)/t16-,17-,18-,19-,20-,21-,22-/m0/s1. The lowest BCUT2D eigenvalue weighted by molar-refractivity contribution is -0.142. The highest BCUT2D eigenvalue weighted by Gasteiger charge is 2.33. The van der Waals surface area contributed by atoms with E-state index in [0.29, 0.717) is 25.8 Å². The van der Waals surface area contributed by atoms with Crippen LogP contribution in [0.25, 0.3) is 0 Å². The molecule has 0 aliphatic heterocycles. The number of thiol groups is 1. The van der Waals surface area contributed by atoms with Crippen molar-refractivity contribution in [3.63, 3.8) is 0 Å². The second-order valence-electron chi connectivity index (χ2n) is 12.5. The molecular weight excluding hydrogens is 746 g/mol. The summed E-state index contributed by atoms with van der Waals surface area (Å²) in [5, 5.41) is 33.8. The van der Waals surface area contributed by atoms with Crippen molar-refractivity contribution in [2.45, 2.75) is 107 Å². The molecule has 0 aliphatic carbocycles. The van der Waals surface area contributed by atoms with Gasteiger partial charge in [0.1, 0.15) is 36.3 Å². The first-order chi connectivity index (χ1) is 25.9. The van der Waals surface area contributed by atoms with Crippen LogP contribution in [0.1, 0.15) is 64.7 Å². The number of nitrogens with one attached hydrogen (secondary N) is 6. The number of carbonyl (C=O) groups is 8. The summed E-state index contributed by atoms with van der Waals surface area (Å²) >= 11 is 3.94. The second-order valence-corrected chi connectivity index (χ2v) is 12.9. The number of carboxylic acid groups (broad SMARTS) is 1. The Hall–Kier alpha value is -4.78. The zero-order chi connectivity index (χ0) is 42.1. The van der Waals surface area contributed by atoms with Crippen LogP contribution in [0.15, 0.2) is 4.99 Å². The van der Waals surface area contributed by atoms with Crippen molar-refractivity contribution in [3.8, 4) is 0 Å². The largest absolute Gasteiger partial charge is 0.480 e. The summed E-state index contributed by atoms with van der Waals surface area (Å²) in [6.45, 7) is 0.966. The van der Waals surface area contributed by atoms with Crippen LogP contribution in [0.4, 0.5) is 0 Å². The number of primary amides is 1. The lowest BCUT2D eigenvalue weighted by Crippen LogP contribution is -2.60. The number of amides is 7. The number of carboxylic acids is 1. The zero-order valence-electron chi connectivity index (χ0n) is 31.0.